The van der Waals surface area contributed by atoms with Crippen LogP contribution in [0.4, 0.5) is 0 Å². The van der Waals surface area contributed by atoms with E-state index in [4.69, 9.17) is 19.5 Å². The first-order valence-electron chi connectivity index (χ1n) is 11.2. The minimum absolute atomic E-state index is 0.616. The molecule has 36 heavy (non-hydrogen) atoms. The molecule has 6 heteroatoms. The van der Waals surface area contributed by atoms with E-state index in [1.165, 1.54) is 11.1 Å². The van der Waals surface area contributed by atoms with E-state index in [1.54, 1.807) is 27.4 Å². The van der Waals surface area contributed by atoms with Crippen molar-refractivity contribution in [2.75, 3.05) is 21.3 Å². The van der Waals surface area contributed by atoms with E-state index in [9.17, 15) is 0 Å². The van der Waals surface area contributed by atoms with E-state index < -0.39 is 0 Å². The van der Waals surface area contributed by atoms with Gasteiger partial charge >= 0.3 is 0 Å². The van der Waals surface area contributed by atoms with E-state index in [2.05, 4.69) is 62.2 Å². The second-order valence-electron chi connectivity index (χ2n) is 7.93. The van der Waals surface area contributed by atoms with Gasteiger partial charge in [0.1, 0.15) is 17.2 Å². The number of rotatable bonds is 7. The Labute approximate surface area is 229 Å². The molecule has 184 valence electrons. The lowest BCUT2D eigenvalue weighted by molar-refractivity contribution is 0.391. The van der Waals surface area contributed by atoms with Gasteiger partial charge in [0.2, 0.25) is 0 Å². The summed E-state index contributed by atoms with van der Waals surface area (Å²) in [4.78, 5) is 0. The molecule has 0 heterocycles. The van der Waals surface area contributed by atoms with Crippen molar-refractivity contribution >= 4 is 31.9 Å². The fourth-order valence-corrected chi connectivity index (χ4v) is 4.59. The first-order valence-corrected chi connectivity index (χ1v) is 12.8. The molecule has 4 rings (SSSR count). The van der Waals surface area contributed by atoms with E-state index >= 15 is 0 Å². The van der Waals surface area contributed by atoms with Crippen molar-refractivity contribution in [3.8, 4) is 23.3 Å². The van der Waals surface area contributed by atoms with Gasteiger partial charge in [-0.3, -0.25) is 0 Å². The highest BCUT2D eigenvalue weighted by Gasteiger charge is 2.07. The Morgan fingerprint density at radius 3 is 1.64 bits per heavy atom. The summed E-state index contributed by atoms with van der Waals surface area (Å²) in [5.74, 6) is 2.42. The summed E-state index contributed by atoms with van der Waals surface area (Å²) in [5.41, 5.74) is 5.29. The fraction of sp³-hybridized carbons (Fsp3) is 0.167. The van der Waals surface area contributed by atoms with Crippen LogP contribution in [0, 0.1) is 11.3 Å². The molecular formula is C30H27Br2NO3. The van der Waals surface area contributed by atoms with Crippen LogP contribution < -0.4 is 14.2 Å². The zero-order valence-corrected chi connectivity index (χ0v) is 23.6. The predicted molar refractivity (Wildman–Crippen MR) is 151 cm³/mol. The molecule has 0 saturated carbocycles. The van der Waals surface area contributed by atoms with Gasteiger partial charge in [0.25, 0.3) is 0 Å². The molecule has 0 saturated heterocycles. The molecule has 0 aliphatic rings. The Morgan fingerprint density at radius 1 is 0.639 bits per heavy atom. The number of halogens is 2. The maximum atomic E-state index is 8.86. The van der Waals surface area contributed by atoms with Crippen LogP contribution in [0.1, 0.15) is 27.8 Å². The highest BCUT2D eigenvalue weighted by molar-refractivity contribution is 9.10. The Hall–Kier alpha value is -3.27. The third-order valence-corrected chi connectivity index (χ3v) is 6.46. The van der Waals surface area contributed by atoms with E-state index in [0.717, 1.165) is 50.2 Å². The number of methoxy groups -OCH3 is 3. The second kappa shape index (κ2) is 13.7. The fourth-order valence-electron chi connectivity index (χ4n) is 3.69. The van der Waals surface area contributed by atoms with Crippen molar-refractivity contribution in [3.63, 3.8) is 0 Å². The molecule has 4 aromatic rings. The zero-order chi connectivity index (χ0) is 25.9. The number of hydrogen-bond acceptors (Lipinski definition) is 4. The molecule has 0 aliphatic carbocycles. The summed E-state index contributed by atoms with van der Waals surface area (Å²) >= 11 is 6.94. The smallest absolute Gasteiger partial charge is 0.126 e. The molecule has 4 aromatic carbocycles. The maximum Gasteiger partial charge on any atom is 0.126 e. The lowest BCUT2D eigenvalue weighted by Gasteiger charge is -2.10. The summed E-state index contributed by atoms with van der Waals surface area (Å²) in [6.07, 6.45) is 1.63. The van der Waals surface area contributed by atoms with Gasteiger partial charge in [-0.1, -0.05) is 68.3 Å². The van der Waals surface area contributed by atoms with Crippen LogP contribution in [-0.4, -0.2) is 21.3 Å². The minimum Gasteiger partial charge on any atom is -0.497 e. The molecule has 0 amide bonds. The molecule has 0 radical (unpaired) electrons. The molecule has 0 unspecified atom stereocenters. The number of benzene rings is 4. The Bertz CT molecular complexity index is 1350. The third kappa shape index (κ3) is 7.87. The SMILES string of the molecule is COc1cc(C#N)ccc1Cc1cccc(Br)c1.COc1ccc(Cc2cccc(Br)c2)c(OC)c1. The molecule has 0 N–H and O–H groups in total. The summed E-state index contributed by atoms with van der Waals surface area (Å²) in [6, 6.07) is 30.0. The molecule has 4 nitrogen and oxygen atoms in total. The Kier molecular flexibility index (Phi) is 10.4. The average Bonchev–Trinajstić information content (AvgIpc) is 2.89. The van der Waals surface area contributed by atoms with Crippen molar-refractivity contribution in [2.45, 2.75) is 12.8 Å². The van der Waals surface area contributed by atoms with Gasteiger partial charge in [-0.05, 0) is 64.7 Å². The van der Waals surface area contributed by atoms with Crippen LogP contribution in [0.2, 0.25) is 0 Å². The summed E-state index contributed by atoms with van der Waals surface area (Å²) in [5, 5.41) is 8.86. The first kappa shape index (κ1) is 27.3. The maximum absolute atomic E-state index is 8.86. The average molecular weight is 609 g/mol. The van der Waals surface area contributed by atoms with Gasteiger partial charge in [0.05, 0.1) is 33.0 Å². The third-order valence-electron chi connectivity index (χ3n) is 5.48. The topological polar surface area (TPSA) is 51.5 Å². The van der Waals surface area contributed by atoms with Crippen molar-refractivity contribution in [3.05, 3.63) is 122 Å². The van der Waals surface area contributed by atoms with Crippen LogP contribution in [-0.2, 0) is 12.8 Å². The minimum atomic E-state index is 0.616. The number of hydrogen-bond donors (Lipinski definition) is 0. The van der Waals surface area contributed by atoms with E-state index in [0.29, 0.717) is 5.56 Å². The predicted octanol–water partition coefficient (Wildman–Crippen LogP) is 7.98. The monoisotopic (exact) mass is 607 g/mol. The van der Waals surface area contributed by atoms with Crippen LogP contribution >= 0.6 is 31.9 Å². The molecule has 0 aromatic heterocycles. The molecule has 0 spiro atoms. The summed E-state index contributed by atoms with van der Waals surface area (Å²) in [6.45, 7) is 0. The normalized spacial score (nSPS) is 10.0. The lowest BCUT2D eigenvalue weighted by Crippen LogP contribution is -1.95. The van der Waals surface area contributed by atoms with Gasteiger partial charge in [-0.15, -0.1) is 0 Å². The second-order valence-corrected chi connectivity index (χ2v) is 9.76. The summed E-state index contributed by atoms with van der Waals surface area (Å²) in [7, 11) is 4.96. The largest absolute Gasteiger partial charge is 0.497 e. The van der Waals surface area contributed by atoms with E-state index in [-0.39, 0.29) is 0 Å². The molecular weight excluding hydrogens is 582 g/mol. The van der Waals surface area contributed by atoms with Gasteiger partial charge in [-0.2, -0.15) is 5.26 Å². The van der Waals surface area contributed by atoms with Gasteiger partial charge in [0.15, 0.2) is 0 Å². The van der Waals surface area contributed by atoms with E-state index in [1.807, 2.05) is 54.6 Å². The van der Waals surface area contributed by atoms with Crippen molar-refractivity contribution in [2.24, 2.45) is 0 Å². The van der Waals surface area contributed by atoms with Crippen LogP contribution in [0.5, 0.6) is 17.2 Å². The number of nitriles is 1. The highest BCUT2D eigenvalue weighted by atomic mass is 79.9. The summed E-state index contributed by atoms with van der Waals surface area (Å²) < 4.78 is 18.1. The Morgan fingerprint density at radius 2 is 1.17 bits per heavy atom. The lowest BCUT2D eigenvalue weighted by atomic mass is 10.0. The van der Waals surface area contributed by atoms with Gasteiger partial charge in [-0.25, -0.2) is 0 Å². The van der Waals surface area contributed by atoms with Crippen molar-refractivity contribution in [1.29, 1.82) is 5.26 Å². The van der Waals surface area contributed by atoms with Crippen LogP contribution in [0.15, 0.2) is 93.9 Å². The van der Waals surface area contributed by atoms with Crippen molar-refractivity contribution < 1.29 is 14.2 Å². The van der Waals surface area contributed by atoms with Crippen LogP contribution in [0.25, 0.3) is 0 Å². The zero-order valence-electron chi connectivity index (χ0n) is 20.4. The molecule has 0 bridgehead atoms. The molecule has 0 atom stereocenters. The number of nitrogens with zero attached hydrogens (tertiary/aromatic N) is 1. The molecule has 0 fully saturated rings. The Balaban J connectivity index is 0.000000201. The number of ether oxygens (including phenoxy) is 3. The van der Waals surface area contributed by atoms with Crippen LogP contribution in [0.3, 0.4) is 0 Å². The standard InChI is InChI=1S/C15H12BrNO.C15H15BrO2/c1-18-15-9-12(10-17)5-6-13(15)7-11-3-2-4-14(16)8-11;1-17-14-7-6-12(15(10-14)18-2)8-11-4-3-5-13(16)9-11/h2-6,8-9H,7H2,1H3;3-7,9-10H,8H2,1-2H3. The molecule has 0 aliphatic heterocycles. The quantitative estimate of drug-likeness (QED) is 0.213. The first-order chi connectivity index (χ1) is 17.4. The van der Waals surface area contributed by atoms with Gasteiger partial charge in [0, 0.05) is 27.9 Å². The van der Waals surface area contributed by atoms with Gasteiger partial charge < -0.3 is 14.2 Å². The van der Waals surface area contributed by atoms with Crippen molar-refractivity contribution in [1.82, 2.24) is 0 Å². The highest BCUT2D eigenvalue weighted by Crippen LogP contribution is 2.27.